The molecule has 2 amide bonds. The number of fused-ring (bicyclic) bond motifs is 1. The number of nitrogens with one attached hydrogen (secondary N) is 3. The molecule has 0 aliphatic heterocycles. The number of amides is 2. The van der Waals surface area contributed by atoms with Crippen LogP contribution in [0.2, 0.25) is 5.02 Å². The number of halogens is 3. The number of anilines is 1. The van der Waals surface area contributed by atoms with Crippen molar-refractivity contribution in [3.8, 4) is 0 Å². The van der Waals surface area contributed by atoms with Crippen molar-refractivity contribution in [2.45, 2.75) is 25.5 Å². The average molecular weight is 512 g/mol. The number of hydrogen-bond donors (Lipinski definition) is 3. The van der Waals surface area contributed by atoms with E-state index in [1.807, 2.05) is 0 Å². The number of alkyl carbamates (subject to hydrolysis) is 1. The molecule has 0 radical (unpaired) electrons. The van der Waals surface area contributed by atoms with Crippen LogP contribution in [0.3, 0.4) is 0 Å². The third-order valence-corrected chi connectivity index (χ3v) is 6.23. The topological polar surface area (TPSA) is 114 Å². The van der Waals surface area contributed by atoms with Crippen molar-refractivity contribution >= 4 is 45.2 Å². The molecule has 0 fully saturated rings. The minimum Gasteiger partial charge on any atom is -0.441 e. The molecule has 1 aliphatic rings. The first-order chi connectivity index (χ1) is 14.8. The van der Waals surface area contributed by atoms with Gasteiger partial charge in [-0.1, -0.05) is 11.6 Å². The molecule has 9 nitrogen and oxygen atoms in total. The second kappa shape index (κ2) is 8.67. The van der Waals surface area contributed by atoms with Gasteiger partial charge in [-0.2, -0.15) is 5.10 Å². The Kier molecular flexibility index (Phi) is 5.96. The predicted octanol–water partition coefficient (Wildman–Crippen LogP) is 3.86. The van der Waals surface area contributed by atoms with Gasteiger partial charge in [0.05, 0.1) is 15.7 Å². The second-order valence-corrected chi connectivity index (χ2v) is 8.08. The van der Waals surface area contributed by atoms with Crippen LogP contribution < -0.4 is 10.6 Å². The summed E-state index contributed by atoms with van der Waals surface area (Å²) in [5.41, 5.74) is 2.47. The molecule has 4 rings (SSSR count). The van der Waals surface area contributed by atoms with E-state index < -0.39 is 11.9 Å². The van der Waals surface area contributed by atoms with Gasteiger partial charge in [0.15, 0.2) is 12.4 Å². The SMILES string of the molecule is Cn1c(Br)c2c(c1C(=O)Nc1ccc(F)c(Cl)c1)CCC2NC(=O)OCc1ncn[nH]1. The van der Waals surface area contributed by atoms with Crippen molar-refractivity contribution in [2.24, 2.45) is 7.05 Å². The van der Waals surface area contributed by atoms with Crippen LogP contribution in [0, 0.1) is 5.82 Å². The third kappa shape index (κ3) is 4.28. The van der Waals surface area contributed by atoms with Gasteiger partial charge in [0.2, 0.25) is 0 Å². The summed E-state index contributed by atoms with van der Waals surface area (Å²) in [6, 6.07) is 3.65. The summed E-state index contributed by atoms with van der Waals surface area (Å²) in [7, 11) is 1.74. The molecule has 0 saturated heterocycles. The Bertz CT molecular complexity index is 1150. The number of benzene rings is 1. The van der Waals surface area contributed by atoms with Crippen LogP contribution in [0.5, 0.6) is 0 Å². The monoisotopic (exact) mass is 510 g/mol. The van der Waals surface area contributed by atoms with E-state index in [0.717, 1.165) is 11.1 Å². The van der Waals surface area contributed by atoms with Crippen LogP contribution in [0.4, 0.5) is 14.9 Å². The molecule has 0 bridgehead atoms. The maximum absolute atomic E-state index is 13.4. The first-order valence-corrected chi connectivity index (χ1v) is 10.4. The Hall–Kier alpha value is -2.92. The zero-order valence-corrected chi connectivity index (χ0v) is 18.6. The molecule has 0 saturated carbocycles. The highest BCUT2D eigenvalue weighted by Gasteiger charge is 2.34. The molecule has 1 unspecified atom stereocenters. The number of rotatable bonds is 5. The van der Waals surface area contributed by atoms with Crippen molar-refractivity contribution in [3.63, 3.8) is 0 Å². The smallest absolute Gasteiger partial charge is 0.408 e. The van der Waals surface area contributed by atoms with Gasteiger partial charge in [0.1, 0.15) is 17.8 Å². The molecule has 3 N–H and O–H groups in total. The number of hydrogen-bond acceptors (Lipinski definition) is 5. The van der Waals surface area contributed by atoms with Crippen LogP contribution >= 0.6 is 27.5 Å². The number of carbonyl (C=O) groups is 2. The molecular formula is C19H17BrClFN6O3. The van der Waals surface area contributed by atoms with Gasteiger partial charge >= 0.3 is 6.09 Å². The quantitative estimate of drug-likeness (QED) is 0.481. The predicted molar refractivity (Wildman–Crippen MR) is 113 cm³/mol. The largest absolute Gasteiger partial charge is 0.441 e. The highest BCUT2D eigenvalue weighted by atomic mass is 79.9. The summed E-state index contributed by atoms with van der Waals surface area (Å²) < 4.78 is 20.9. The van der Waals surface area contributed by atoms with Crippen molar-refractivity contribution in [1.29, 1.82) is 0 Å². The fourth-order valence-electron chi connectivity index (χ4n) is 3.59. The Balaban J connectivity index is 1.49. The van der Waals surface area contributed by atoms with Gasteiger partial charge in [0, 0.05) is 18.3 Å². The summed E-state index contributed by atoms with van der Waals surface area (Å²) >= 11 is 9.32. The van der Waals surface area contributed by atoms with E-state index in [9.17, 15) is 14.0 Å². The maximum atomic E-state index is 13.4. The Morgan fingerprint density at radius 2 is 2.26 bits per heavy atom. The highest BCUT2D eigenvalue weighted by Crippen LogP contribution is 2.40. The number of aromatic amines is 1. The first kappa shape index (κ1) is 21.3. The summed E-state index contributed by atoms with van der Waals surface area (Å²) in [5.74, 6) is -0.491. The minimum atomic E-state index is -0.600. The molecule has 2 heterocycles. The molecule has 1 aromatic carbocycles. The van der Waals surface area contributed by atoms with Gasteiger partial charge in [-0.15, -0.1) is 0 Å². The number of carbonyl (C=O) groups excluding carboxylic acids is 2. The van der Waals surface area contributed by atoms with Gasteiger partial charge in [-0.05, 0) is 52.5 Å². The normalized spacial score (nSPS) is 14.9. The van der Waals surface area contributed by atoms with E-state index in [1.54, 1.807) is 11.6 Å². The zero-order valence-electron chi connectivity index (χ0n) is 16.2. The van der Waals surface area contributed by atoms with Crippen LogP contribution in [0.15, 0.2) is 29.1 Å². The standard InChI is InChI=1S/C19H17BrClFN6O3/c1-28-16(18(29)25-9-2-4-12(22)11(21)6-9)10-3-5-13(15(10)17(28)20)26-19(30)31-7-14-23-8-24-27-14/h2,4,6,8,13H,3,5,7H2,1H3,(H,25,29)(H,26,30)(H,23,24,27). The van der Waals surface area contributed by atoms with Crippen LogP contribution in [-0.4, -0.2) is 31.7 Å². The molecule has 0 spiro atoms. The highest BCUT2D eigenvalue weighted by molar-refractivity contribution is 9.10. The lowest BCUT2D eigenvalue weighted by Crippen LogP contribution is -2.28. The first-order valence-electron chi connectivity index (χ1n) is 9.26. The third-order valence-electron chi connectivity index (χ3n) is 4.98. The molecule has 162 valence electrons. The summed E-state index contributed by atoms with van der Waals surface area (Å²) in [5, 5.41) is 11.8. The van der Waals surface area contributed by atoms with Gasteiger partial charge in [-0.25, -0.2) is 14.2 Å². The molecular weight excluding hydrogens is 495 g/mol. The van der Waals surface area contributed by atoms with Crippen LogP contribution in [0.1, 0.15) is 39.9 Å². The van der Waals surface area contributed by atoms with E-state index in [0.29, 0.717) is 34.7 Å². The lowest BCUT2D eigenvalue weighted by Gasteiger charge is -2.14. The minimum absolute atomic E-state index is 0.0325. The van der Waals surface area contributed by atoms with Crippen molar-refractivity contribution in [3.05, 3.63) is 62.6 Å². The molecule has 12 heteroatoms. The van der Waals surface area contributed by atoms with E-state index in [1.165, 1.54) is 24.5 Å². The van der Waals surface area contributed by atoms with E-state index in [2.05, 4.69) is 41.7 Å². The molecule has 1 atom stereocenters. The van der Waals surface area contributed by atoms with Crippen molar-refractivity contribution in [2.75, 3.05) is 5.32 Å². The Morgan fingerprint density at radius 1 is 1.45 bits per heavy atom. The summed E-state index contributed by atoms with van der Waals surface area (Å²) in [4.78, 5) is 29.0. The van der Waals surface area contributed by atoms with Gasteiger partial charge in [-0.3, -0.25) is 9.89 Å². The second-order valence-electron chi connectivity index (χ2n) is 6.92. The Morgan fingerprint density at radius 3 is 2.97 bits per heavy atom. The fourth-order valence-corrected chi connectivity index (χ4v) is 4.46. The zero-order chi connectivity index (χ0) is 22.1. The fraction of sp³-hybridized carbons (Fsp3) is 0.263. The van der Waals surface area contributed by atoms with Crippen molar-refractivity contribution in [1.82, 2.24) is 25.1 Å². The van der Waals surface area contributed by atoms with Crippen LogP contribution in [0.25, 0.3) is 0 Å². The average Bonchev–Trinajstić information content (AvgIpc) is 3.44. The van der Waals surface area contributed by atoms with Gasteiger partial charge in [0.25, 0.3) is 5.91 Å². The lowest BCUT2D eigenvalue weighted by molar-refractivity contribution is 0.101. The number of ether oxygens (including phenoxy) is 1. The molecule has 31 heavy (non-hydrogen) atoms. The molecule has 2 aromatic heterocycles. The lowest BCUT2D eigenvalue weighted by atomic mass is 10.1. The van der Waals surface area contributed by atoms with E-state index in [-0.39, 0.29) is 23.6 Å². The number of H-pyrrole nitrogens is 1. The van der Waals surface area contributed by atoms with E-state index >= 15 is 0 Å². The maximum Gasteiger partial charge on any atom is 0.408 e. The summed E-state index contributed by atoms with van der Waals surface area (Å²) in [6.45, 7) is -0.0325. The van der Waals surface area contributed by atoms with Gasteiger partial charge < -0.3 is 19.9 Å². The molecule has 1 aliphatic carbocycles. The van der Waals surface area contributed by atoms with E-state index in [4.69, 9.17) is 16.3 Å². The molecule has 3 aromatic rings. The number of aromatic nitrogens is 4. The van der Waals surface area contributed by atoms with Crippen LogP contribution in [-0.2, 0) is 24.8 Å². The summed E-state index contributed by atoms with van der Waals surface area (Å²) in [6.07, 6.45) is 1.93. The Labute approximate surface area is 189 Å². The number of nitrogens with zero attached hydrogens (tertiary/aromatic N) is 3. The van der Waals surface area contributed by atoms with Crippen molar-refractivity contribution < 1.29 is 18.7 Å².